The summed E-state index contributed by atoms with van der Waals surface area (Å²) in [6.45, 7) is 6.51. The van der Waals surface area contributed by atoms with Gasteiger partial charge in [0.15, 0.2) is 0 Å². The molecule has 2 aromatic heterocycles. The number of nitrogens with zero attached hydrogens (tertiary/aromatic N) is 1. The number of carbonyl (C=O) groups excluding carboxylic acids is 2. The summed E-state index contributed by atoms with van der Waals surface area (Å²) in [6, 6.07) is 23.1. The summed E-state index contributed by atoms with van der Waals surface area (Å²) >= 11 is 1.34. The van der Waals surface area contributed by atoms with Gasteiger partial charge in [-0.15, -0.1) is 11.3 Å². The minimum atomic E-state index is -4.42. The van der Waals surface area contributed by atoms with Crippen LogP contribution in [0.25, 0.3) is 21.2 Å². The second kappa shape index (κ2) is 14.9. The van der Waals surface area contributed by atoms with Gasteiger partial charge in [0, 0.05) is 27.3 Å². The van der Waals surface area contributed by atoms with Gasteiger partial charge >= 0.3 is 12.1 Å². The van der Waals surface area contributed by atoms with Gasteiger partial charge in [0.05, 0.1) is 12.7 Å². The summed E-state index contributed by atoms with van der Waals surface area (Å²) in [5.74, 6) is 0.759. The van der Waals surface area contributed by atoms with E-state index >= 15 is 0 Å². The standard InChI is InChI=1S/C41H41F3N2O4S/c1-40(2,3)28-14-17-30(18-15-28)50-31-16-11-27-22-35(45-34(33(27)23-31)21-25-7-5-6-8-25)38(47)46-36(39(48)49-4)24-32-19-20-37(51-32)26-9-12-29(13-10-26)41(42,43)44/h9-20,22-23,25,36H,5-8,21,24H2,1-4H3,(H,46,47)/t36-/m0/s1. The molecule has 5 aromatic rings. The topological polar surface area (TPSA) is 77.5 Å². The van der Waals surface area contributed by atoms with Crippen LogP contribution in [0.2, 0.25) is 0 Å². The number of pyridine rings is 1. The van der Waals surface area contributed by atoms with E-state index in [2.05, 4.69) is 38.2 Å². The van der Waals surface area contributed by atoms with E-state index in [1.54, 1.807) is 18.2 Å². The molecule has 0 unspecified atom stereocenters. The Kier molecular flexibility index (Phi) is 10.5. The van der Waals surface area contributed by atoms with Crippen LogP contribution in [0.3, 0.4) is 0 Å². The molecule has 0 spiro atoms. The normalized spacial score (nSPS) is 14.4. The Morgan fingerprint density at radius 3 is 2.20 bits per heavy atom. The highest BCUT2D eigenvalue weighted by Gasteiger charge is 2.30. The molecule has 266 valence electrons. The van der Waals surface area contributed by atoms with Gasteiger partial charge in [0.1, 0.15) is 23.2 Å². The number of methoxy groups -OCH3 is 1. The van der Waals surface area contributed by atoms with E-state index < -0.39 is 29.7 Å². The number of alkyl halides is 3. The number of halogens is 3. The van der Waals surface area contributed by atoms with Crippen LogP contribution in [0, 0.1) is 5.92 Å². The smallest absolute Gasteiger partial charge is 0.416 e. The largest absolute Gasteiger partial charge is 0.467 e. The Balaban J connectivity index is 1.23. The van der Waals surface area contributed by atoms with Crippen LogP contribution < -0.4 is 10.1 Å². The summed E-state index contributed by atoms with van der Waals surface area (Å²) in [6.07, 6.45) is 1.01. The van der Waals surface area contributed by atoms with Crippen LogP contribution in [0.4, 0.5) is 13.2 Å². The van der Waals surface area contributed by atoms with E-state index in [4.69, 9.17) is 14.5 Å². The lowest BCUT2D eigenvalue weighted by Gasteiger charge is -2.19. The van der Waals surface area contributed by atoms with Crippen molar-refractivity contribution in [2.75, 3.05) is 7.11 Å². The fraction of sp³-hybridized carbons (Fsp3) is 0.341. The molecule has 1 saturated carbocycles. The van der Waals surface area contributed by atoms with Gasteiger partial charge in [-0.05, 0) is 88.9 Å². The van der Waals surface area contributed by atoms with Crippen molar-refractivity contribution in [3.05, 3.63) is 112 Å². The van der Waals surface area contributed by atoms with Crippen LogP contribution in [0.15, 0.2) is 84.9 Å². The monoisotopic (exact) mass is 714 g/mol. The molecule has 1 N–H and O–H groups in total. The lowest BCUT2D eigenvalue weighted by molar-refractivity contribution is -0.142. The molecule has 0 bridgehead atoms. The maximum Gasteiger partial charge on any atom is 0.416 e. The summed E-state index contributed by atoms with van der Waals surface area (Å²) in [4.78, 5) is 33.0. The van der Waals surface area contributed by atoms with Gasteiger partial charge in [0.25, 0.3) is 5.91 Å². The molecule has 0 radical (unpaired) electrons. The summed E-state index contributed by atoms with van der Waals surface area (Å²) in [7, 11) is 1.26. The predicted octanol–water partition coefficient (Wildman–Crippen LogP) is 10.3. The van der Waals surface area contributed by atoms with E-state index in [0.717, 1.165) is 63.4 Å². The quantitative estimate of drug-likeness (QED) is 0.146. The maximum absolute atomic E-state index is 13.7. The summed E-state index contributed by atoms with van der Waals surface area (Å²) in [5, 5.41) is 4.59. The number of nitrogens with one attached hydrogen (secondary N) is 1. The molecule has 6 nitrogen and oxygen atoms in total. The highest BCUT2D eigenvalue weighted by molar-refractivity contribution is 7.15. The van der Waals surface area contributed by atoms with E-state index in [0.29, 0.717) is 17.2 Å². The van der Waals surface area contributed by atoms with Crippen LogP contribution >= 0.6 is 11.3 Å². The van der Waals surface area contributed by atoms with Crippen molar-refractivity contribution in [3.63, 3.8) is 0 Å². The minimum absolute atomic E-state index is 0.0367. The van der Waals surface area contributed by atoms with Crippen molar-refractivity contribution in [2.24, 2.45) is 5.92 Å². The highest BCUT2D eigenvalue weighted by atomic mass is 32.1. The number of esters is 1. The fourth-order valence-electron chi connectivity index (χ4n) is 6.51. The third kappa shape index (κ3) is 8.79. The Morgan fingerprint density at radius 2 is 1.55 bits per heavy atom. The zero-order chi connectivity index (χ0) is 36.3. The lowest BCUT2D eigenvalue weighted by atomic mass is 9.87. The molecule has 3 aromatic carbocycles. The number of carbonyl (C=O) groups is 2. The van der Waals surface area contributed by atoms with Crippen molar-refractivity contribution < 1.29 is 32.2 Å². The molecule has 2 heterocycles. The first-order chi connectivity index (χ1) is 24.3. The van der Waals surface area contributed by atoms with E-state index in [1.807, 2.05) is 30.3 Å². The fourth-order valence-corrected chi connectivity index (χ4v) is 7.57. The highest BCUT2D eigenvalue weighted by Crippen LogP contribution is 2.35. The van der Waals surface area contributed by atoms with Gasteiger partial charge in [-0.1, -0.05) is 76.8 Å². The molecular weight excluding hydrogens is 674 g/mol. The van der Waals surface area contributed by atoms with Gasteiger partial charge in [-0.3, -0.25) is 4.79 Å². The number of ether oxygens (including phenoxy) is 2. The number of aromatic nitrogens is 1. The van der Waals surface area contributed by atoms with E-state index in [9.17, 15) is 22.8 Å². The molecular formula is C41H41F3N2O4S. The third-order valence-corrected chi connectivity index (χ3v) is 10.5. The first kappa shape index (κ1) is 36.1. The zero-order valence-electron chi connectivity index (χ0n) is 29.1. The summed E-state index contributed by atoms with van der Waals surface area (Å²) < 4.78 is 50.4. The number of amides is 1. The molecule has 10 heteroatoms. The number of fused-ring (bicyclic) bond motifs is 1. The maximum atomic E-state index is 13.7. The molecule has 1 amide bonds. The number of hydrogen-bond donors (Lipinski definition) is 1. The summed E-state index contributed by atoms with van der Waals surface area (Å²) in [5.41, 5.74) is 2.17. The van der Waals surface area contributed by atoms with Crippen molar-refractivity contribution in [3.8, 4) is 21.9 Å². The van der Waals surface area contributed by atoms with Crippen molar-refractivity contribution >= 4 is 34.0 Å². The van der Waals surface area contributed by atoms with Crippen molar-refractivity contribution in [1.29, 1.82) is 0 Å². The predicted molar refractivity (Wildman–Crippen MR) is 194 cm³/mol. The second-order valence-electron chi connectivity index (χ2n) is 14.2. The molecule has 1 fully saturated rings. The van der Waals surface area contributed by atoms with Crippen molar-refractivity contribution in [2.45, 2.75) is 76.9 Å². The number of hydrogen-bond acceptors (Lipinski definition) is 6. The first-order valence-corrected chi connectivity index (χ1v) is 18.0. The Bertz CT molecular complexity index is 2010. The molecule has 0 saturated heterocycles. The van der Waals surface area contributed by atoms with Crippen LogP contribution in [0.1, 0.15) is 78.6 Å². The molecule has 51 heavy (non-hydrogen) atoms. The Morgan fingerprint density at radius 1 is 0.882 bits per heavy atom. The lowest BCUT2D eigenvalue weighted by Crippen LogP contribution is -2.43. The molecule has 1 atom stereocenters. The molecule has 6 rings (SSSR count). The zero-order valence-corrected chi connectivity index (χ0v) is 29.9. The molecule has 0 aliphatic heterocycles. The average Bonchev–Trinajstić information content (AvgIpc) is 3.80. The van der Waals surface area contributed by atoms with Gasteiger partial charge in [-0.25, -0.2) is 9.78 Å². The minimum Gasteiger partial charge on any atom is -0.467 e. The third-order valence-electron chi connectivity index (χ3n) is 9.38. The SMILES string of the molecule is COC(=O)[C@H](Cc1ccc(-c2ccc(C(F)(F)F)cc2)s1)NC(=O)c1cc2ccc(Oc3ccc(C(C)(C)C)cc3)cc2c(CC2CCCC2)n1. The Labute approximate surface area is 300 Å². The average molecular weight is 715 g/mol. The van der Waals surface area contributed by atoms with E-state index in [1.165, 1.54) is 49.0 Å². The molecule has 1 aliphatic rings. The number of rotatable bonds is 10. The Hall–Kier alpha value is -4.70. The van der Waals surface area contributed by atoms with Gasteiger partial charge in [0.2, 0.25) is 0 Å². The van der Waals surface area contributed by atoms with Crippen LogP contribution in [-0.2, 0) is 34.0 Å². The number of thiophene rings is 1. The first-order valence-electron chi connectivity index (χ1n) is 17.1. The van der Waals surface area contributed by atoms with Crippen LogP contribution in [0.5, 0.6) is 11.5 Å². The van der Waals surface area contributed by atoms with Gasteiger partial charge < -0.3 is 14.8 Å². The number of benzene rings is 3. The second-order valence-corrected chi connectivity index (χ2v) is 15.3. The molecule has 1 aliphatic carbocycles. The van der Waals surface area contributed by atoms with Crippen molar-refractivity contribution in [1.82, 2.24) is 10.3 Å². The van der Waals surface area contributed by atoms with E-state index in [-0.39, 0.29) is 17.5 Å². The van der Waals surface area contributed by atoms with Gasteiger partial charge in [-0.2, -0.15) is 13.2 Å². The van der Waals surface area contributed by atoms with Crippen LogP contribution in [-0.4, -0.2) is 30.0 Å².